The van der Waals surface area contributed by atoms with E-state index in [1.807, 2.05) is 13.2 Å². The number of pyridine rings is 1. The molecular formula is C13H22N4O. The number of hydrogen-bond donors (Lipinski definition) is 2. The molecule has 0 aromatic carbocycles. The van der Waals surface area contributed by atoms with Crippen LogP contribution in [0.4, 0.5) is 11.5 Å². The van der Waals surface area contributed by atoms with Crippen LogP contribution in [-0.2, 0) is 4.74 Å². The molecule has 1 fully saturated rings. The molecule has 0 aliphatic carbocycles. The van der Waals surface area contributed by atoms with Crippen molar-refractivity contribution in [3.63, 3.8) is 0 Å². The Morgan fingerprint density at radius 2 is 2.44 bits per heavy atom. The average molecular weight is 250 g/mol. The SMILES string of the molecule is CN[C@H]1CCN(c2ccnc(NCCOC)c2)C1. The van der Waals surface area contributed by atoms with Crippen LogP contribution >= 0.6 is 0 Å². The second kappa shape index (κ2) is 6.56. The summed E-state index contributed by atoms with van der Waals surface area (Å²) in [5.41, 5.74) is 1.24. The minimum atomic E-state index is 0.600. The Bertz CT molecular complexity index is 372. The molecule has 18 heavy (non-hydrogen) atoms. The fraction of sp³-hybridized carbons (Fsp3) is 0.615. The summed E-state index contributed by atoms with van der Waals surface area (Å²) in [7, 11) is 3.73. The van der Waals surface area contributed by atoms with Crippen molar-refractivity contribution in [3.8, 4) is 0 Å². The number of anilines is 2. The van der Waals surface area contributed by atoms with Crippen LogP contribution in [0.3, 0.4) is 0 Å². The van der Waals surface area contributed by atoms with Crippen molar-refractivity contribution in [2.75, 3.05) is 50.6 Å². The number of rotatable bonds is 6. The van der Waals surface area contributed by atoms with Gasteiger partial charge in [-0.05, 0) is 19.5 Å². The van der Waals surface area contributed by atoms with Gasteiger partial charge >= 0.3 is 0 Å². The second-order valence-electron chi connectivity index (χ2n) is 4.54. The molecule has 2 heterocycles. The van der Waals surface area contributed by atoms with Crippen LogP contribution in [0.15, 0.2) is 18.3 Å². The summed E-state index contributed by atoms with van der Waals surface area (Å²) in [6.07, 6.45) is 3.06. The van der Waals surface area contributed by atoms with E-state index in [1.165, 1.54) is 12.1 Å². The lowest BCUT2D eigenvalue weighted by atomic mass is 10.3. The van der Waals surface area contributed by atoms with Crippen LogP contribution in [0.5, 0.6) is 0 Å². The fourth-order valence-corrected chi connectivity index (χ4v) is 2.22. The smallest absolute Gasteiger partial charge is 0.128 e. The maximum Gasteiger partial charge on any atom is 0.128 e. The van der Waals surface area contributed by atoms with Gasteiger partial charge in [0.15, 0.2) is 0 Å². The van der Waals surface area contributed by atoms with Gasteiger partial charge < -0.3 is 20.3 Å². The zero-order chi connectivity index (χ0) is 12.8. The van der Waals surface area contributed by atoms with Gasteiger partial charge in [-0.15, -0.1) is 0 Å². The first-order valence-electron chi connectivity index (χ1n) is 6.44. The maximum atomic E-state index is 5.01. The largest absolute Gasteiger partial charge is 0.383 e. The minimum absolute atomic E-state index is 0.600. The van der Waals surface area contributed by atoms with Crippen molar-refractivity contribution < 1.29 is 4.74 Å². The third kappa shape index (κ3) is 3.34. The molecule has 2 N–H and O–H groups in total. The zero-order valence-corrected chi connectivity index (χ0v) is 11.1. The molecule has 1 aromatic heterocycles. The van der Waals surface area contributed by atoms with Gasteiger partial charge in [0.1, 0.15) is 5.82 Å². The summed E-state index contributed by atoms with van der Waals surface area (Å²) in [6.45, 7) is 3.65. The molecule has 1 aliphatic heterocycles. The lowest BCUT2D eigenvalue weighted by Crippen LogP contribution is -2.29. The van der Waals surface area contributed by atoms with Crippen LogP contribution < -0.4 is 15.5 Å². The number of aromatic nitrogens is 1. The monoisotopic (exact) mass is 250 g/mol. The molecule has 0 unspecified atom stereocenters. The first-order valence-corrected chi connectivity index (χ1v) is 6.44. The second-order valence-corrected chi connectivity index (χ2v) is 4.54. The molecule has 1 atom stereocenters. The lowest BCUT2D eigenvalue weighted by molar-refractivity contribution is 0.210. The van der Waals surface area contributed by atoms with Crippen molar-refractivity contribution in [3.05, 3.63) is 18.3 Å². The Morgan fingerprint density at radius 3 is 3.17 bits per heavy atom. The van der Waals surface area contributed by atoms with Crippen molar-refractivity contribution in [2.45, 2.75) is 12.5 Å². The van der Waals surface area contributed by atoms with E-state index in [4.69, 9.17) is 4.74 Å². The normalized spacial score (nSPS) is 19.2. The van der Waals surface area contributed by atoms with E-state index in [0.29, 0.717) is 12.6 Å². The van der Waals surface area contributed by atoms with Crippen molar-refractivity contribution in [1.82, 2.24) is 10.3 Å². The molecule has 1 aromatic rings. The van der Waals surface area contributed by atoms with Crippen LogP contribution in [0.1, 0.15) is 6.42 Å². The van der Waals surface area contributed by atoms with Crippen LogP contribution in [-0.4, -0.2) is 51.4 Å². The number of ether oxygens (including phenoxy) is 1. The lowest BCUT2D eigenvalue weighted by Gasteiger charge is -2.19. The Kier molecular flexibility index (Phi) is 4.78. The molecule has 0 radical (unpaired) electrons. The standard InChI is InChI=1S/C13H22N4O/c1-14-11-4-7-17(10-11)12-3-5-15-13(9-12)16-6-8-18-2/h3,5,9,11,14H,4,6-8,10H2,1-2H3,(H,15,16)/t11-/m0/s1. The van der Waals surface area contributed by atoms with Gasteiger partial charge in [0.05, 0.1) is 6.61 Å². The molecule has 0 saturated carbocycles. The molecule has 0 spiro atoms. The van der Waals surface area contributed by atoms with Crippen molar-refractivity contribution in [2.24, 2.45) is 0 Å². The third-order valence-corrected chi connectivity index (χ3v) is 3.32. The van der Waals surface area contributed by atoms with E-state index in [-0.39, 0.29) is 0 Å². The summed E-state index contributed by atoms with van der Waals surface area (Å²) in [4.78, 5) is 6.71. The summed E-state index contributed by atoms with van der Waals surface area (Å²) in [5, 5.41) is 6.59. The highest BCUT2D eigenvalue weighted by molar-refractivity contribution is 5.54. The predicted molar refractivity (Wildman–Crippen MR) is 74.3 cm³/mol. The van der Waals surface area contributed by atoms with Gasteiger partial charge in [-0.1, -0.05) is 0 Å². The summed E-state index contributed by atoms with van der Waals surface area (Å²) in [5.74, 6) is 0.914. The Morgan fingerprint density at radius 1 is 1.56 bits per heavy atom. The van der Waals surface area contributed by atoms with Crippen LogP contribution in [0.2, 0.25) is 0 Å². The number of methoxy groups -OCH3 is 1. The maximum absolute atomic E-state index is 5.01. The number of hydrogen-bond acceptors (Lipinski definition) is 5. The van der Waals surface area contributed by atoms with Gasteiger partial charge in [-0.2, -0.15) is 0 Å². The number of nitrogens with one attached hydrogen (secondary N) is 2. The topological polar surface area (TPSA) is 49.4 Å². The number of nitrogens with zero attached hydrogens (tertiary/aromatic N) is 2. The van der Waals surface area contributed by atoms with Crippen LogP contribution in [0, 0.1) is 0 Å². The Hall–Kier alpha value is -1.33. The van der Waals surface area contributed by atoms with Crippen LogP contribution in [0.25, 0.3) is 0 Å². The highest BCUT2D eigenvalue weighted by atomic mass is 16.5. The summed E-state index contributed by atoms with van der Waals surface area (Å²) < 4.78 is 5.01. The summed E-state index contributed by atoms with van der Waals surface area (Å²) in [6, 6.07) is 4.77. The van der Waals surface area contributed by atoms with Gasteiger partial charge in [0.25, 0.3) is 0 Å². The molecule has 1 saturated heterocycles. The molecule has 2 rings (SSSR count). The first-order chi connectivity index (χ1) is 8.83. The quantitative estimate of drug-likeness (QED) is 0.736. The van der Waals surface area contributed by atoms with E-state index < -0.39 is 0 Å². The highest BCUT2D eigenvalue weighted by Crippen LogP contribution is 2.21. The van der Waals surface area contributed by atoms with E-state index in [0.717, 1.165) is 25.5 Å². The highest BCUT2D eigenvalue weighted by Gasteiger charge is 2.21. The molecule has 5 nitrogen and oxygen atoms in total. The van der Waals surface area contributed by atoms with E-state index in [1.54, 1.807) is 7.11 Å². The van der Waals surface area contributed by atoms with Gasteiger partial charge in [0, 0.05) is 50.7 Å². The molecule has 0 bridgehead atoms. The Balaban J connectivity index is 1.94. The molecular weight excluding hydrogens is 228 g/mol. The summed E-state index contributed by atoms with van der Waals surface area (Å²) >= 11 is 0. The number of likely N-dealkylation sites (N-methyl/N-ethyl adjacent to an activating group) is 1. The van der Waals surface area contributed by atoms with Gasteiger partial charge in [-0.3, -0.25) is 0 Å². The fourth-order valence-electron chi connectivity index (χ4n) is 2.22. The molecule has 1 aliphatic rings. The minimum Gasteiger partial charge on any atom is -0.383 e. The first kappa shape index (κ1) is 13.1. The van der Waals surface area contributed by atoms with Crippen molar-refractivity contribution in [1.29, 1.82) is 0 Å². The van der Waals surface area contributed by atoms with Gasteiger partial charge in [0.2, 0.25) is 0 Å². The average Bonchev–Trinajstić information content (AvgIpc) is 2.88. The zero-order valence-electron chi connectivity index (χ0n) is 11.1. The molecule has 100 valence electrons. The Labute approximate surface area is 109 Å². The van der Waals surface area contributed by atoms with Crippen molar-refractivity contribution >= 4 is 11.5 Å². The van der Waals surface area contributed by atoms with Gasteiger partial charge in [-0.25, -0.2) is 4.98 Å². The third-order valence-electron chi connectivity index (χ3n) is 3.32. The van der Waals surface area contributed by atoms with E-state index in [9.17, 15) is 0 Å². The predicted octanol–water partition coefficient (Wildman–Crippen LogP) is 0.938. The molecule has 5 heteroatoms. The van der Waals surface area contributed by atoms with E-state index in [2.05, 4.69) is 32.7 Å². The van der Waals surface area contributed by atoms with E-state index >= 15 is 0 Å². The molecule has 0 amide bonds.